The summed E-state index contributed by atoms with van der Waals surface area (Å²) in [5.41, 5.74) is 2.97. The van der Waals surface area contributed by atoms with Gasteiger partial charge >= 0.3 is 0 Å². The van der Waals surface area contributed by atoms with Crippen molar-refractivity contribution in [2.24, 2.45) is 5.92 Å². The van der Waals surface area contributed by atoms with Crippen LogP contribution in [0.4, 0.5) is 0 Å². The lowest BCUT2D eigenvalue weighted by Crippen LogP contribution is -2.35. The average molecular weight is 234 g/mol. The number of aliphatic hydroxyl groups is 1. The van der Waals surface area contributed by atoms with Gasteiger partial charge in [-0.15, -0.1) is 0 Å². The van der Waals surface area contributed by atoms with Crippen LogP contribution in [0.5, 0.6) is 0 Å². The molecule has 0 amide bonds. The standard InChI is InChI=1S/C16H26O/c1-6-13(5)16(17,8-3)15-10-9-14(7-2)11-12(15)4/h6,9-10,12,17H,7-8,11H2,1-5H3. The molecule has 0 bridgehead atoms. The number of hydrogen-bond donors (Lipinski definition) is 1. The molecule has 0 aromatic carbocycles. The van der Waals surface area contributed by atoms with Crippen molar-refractivity contribution in [3.8, 4) is 0 Å². The van der Waals surface area contributed by atoms with E-state index in [1.807, 2.05) is 19.9 Å². The second-order valence-electron chi connectivity index (χ2n) is 5.09. The van der Waals surface area contributed by atoms with Crippen LogP contribution in [0.1, 0.15) is 53.9 Å². The molecule has 0 heterocycles. The third kappa shape index (κ3) is 2.71. The van der Waals surface area contributed by atoms with E-state index in [0.717, 1.165) is 24.8 Å². The molecular formula is C16H26O. The predicted molar refractivity (Wildman–Crippen MR) is 74.9 cm³/mol. The molecule has 1 aliphatic rings. The predicted octanol–water partition coefficient (Wildman–Crippen LogP) is 4.40. The highest BCUT2D eigenvalue weighted by atomic mass is 16.3. The van der Waals surface area contributed by atoms with Crippen LogP contribution < -0.4 is 0 Å². The molecule has 2 unspecified atom stereocenters. The van der Waals surface area contributed by atoms with Crippen LogP contribution in [-0.4, -0.2) is 10.7 Å². The SMILES string of the molecule is CC=C(C)C(O)(CC)C1=CC=C(CC)CC1C. The fraction of sp³-hybridized carbons (Fsp3) is 0.625. The van der Waals surface area contributed by atoms with Gasteiger partial charge in [-0.1, -0.05) is 44.6 Å². The monoisotopic (exact) mass is 234 g/mol. The largest absolute Gasteiger partial charge is 0.381 e. The van der Waals surface area contributed by atoms with Crippen molar-refractivity contribution in [3.05, 3.63) is 34.9 Å². The van der Waals surface area contributed by atoms with Crippen LogP contribution in [0.3, 0.4) is 0 Å². The van der Waals surface area contributed by atoms with Gasteiger partial charge in [0.05, 0.1) is 0 Å². The highest BCUT2D eigenvalue weighted by Crippen LogP contribution is 2.39. The van der Waals surface area contributed by atoms with Crippen LogP contribution in [0.2, 0.25) is 0 Å². The summed E-state index contributed by atoms with van der Waals surface area (Å²) < 4.78 is 0. The van der Waals surface area contributed by atoms with Gasteiger partial charge in [0.2, 0.25) is 0 Å². The van der Waals surface area contributed by atoms with E-state index in [-0.39, 0.29) is 0 Å². The molecular weight excluding hydrogens is 208 g/mol. The normalized spacial score (nSPS) is 25.1. The Morgan fingerprint density at radius 2 is 2.12 bits per heavy atom. The Bertz CT molecular complexity index is 360. The van der Waals surface area contributed by atoms with Crippen molar-refractivity contribution >= 4 is 0 Å². The number of allylic oxidation sites excluding steroid dienone is 4. The molecule has 2 atom stereocenters. The number of rotatable bonds is 4. The van der Waals surface area contributed by atoms with E-state index in [1.54, 1.807) is 0 Å². The van der Waals surface area contributed by atoms with Gasteiger partial charge in [-0.2, -0.15) is 0 Å². The summed E-state index contributed by atoms with van der Waals surface area (Å²) in [5.74, 6) is 0.440. The third-order valence-electron chi connectivity index (χ3n) is 4.13. The van der Waals surface area contributed by atoms with Crippen LogP contribution in [0, 0.1) is 5.92 Å². The molecule has 1 nitrogen and oxygen atoms in total. The zero-order chi connectivity index (χ0) is 13.1. The molecule has 0 saturated carbocycles. The highest BCUT2D eigenvalue weighted by molar-refractivity contribution is 5.38. The van der Waals surface area contributed by atoms with E-state index in [2.05, 4.69) is 32.9 Å². The van der Waals surface area contributed by atoms with E-state index >= 15 is 0 Å². The van der Waals surface area contributed by atoms with Gasteiger partial charge in [-0.3, -0.25) is 0 Å². The maximum Gasteiger partial charge on any atom is 0.107 e. The van der Waals surface area contributed by atoms with E-state index < -0.39 is 5.60 Å². The fourth-order valence-corrected chi connectivity index (χ4v) is 2.70. The quantitative estimate of drug-likeness (QED) is 0.715. The van der Waals surface area contributed by atoms with Crippen molar-refractivity contribution in [1.29, 1.82) is 0 Å². The van der Waals surface area contributed by atoms with Gasteiger partial charge in [-0.05, 0) is 50.2 Å². The van der Waals surface area contributed by atoms with E-state index in [0.29, 0.717) is 5.92 Å². The topological polar surface area (TPSA) is 20.2 Å². The summed E-state index contributed by atoms with van der Waals surface area (Å²) in [4.78, 5) is 0. The van der Waals surface area contributed by atoms with Crippen molar-refractivity contribution in [2.45, 2.75) is 59.5 Å². The first-order valence-electron chi connectivity index (χ1n) is 6.75. The minimum atomic E-state index is -0.746. The first-order valence-corrected chi connectivity index (χ1v) is 6.75. The van der Waals surface area contributed by atoms with Crippen molar-refractivity contribution in [2.75, 3.05) is 0 Å². The molecule has 1 aliphatic carbocycles. The Morgan fingerprint density at radius 1 is 1.47 bits per heavy atom. The summed E-state index contributed by atoms with van der Waals surface area (Å²) in [6.45, 7) is 10.5. The van der Waals surface area contributed by atoms with E-state index in [9.17, 15) is 5.11 Å². The van der Waals surface area contributed by atoms with Crippen molar-refractivity contribution < 1.29 is 5.11 Å². The smallest absolute Gasteiger partial charge is 0.107 e. The van der Waals surface area contributed by atoms with Crippen LogP contribution in [0.25, 0.3) is 0 Å². The van der Waals surface area contributed by atoms with Crippen molar-refractivity contribution in [1.82, 2.24) is 0 Å². The zero-order valence-electron chi connectivity index (χ0n) is 11.9. The maximum absolute atomic E-state index is 10.9. The molecule has 1 rings (SSSR count). The Kier molecular flexibility index (Phi) is 4.76. The van der Waals surface area contributed by atoms with E-state index in [4.69, 9.17) is 0 Å². The average Bonchev–Trinajstić information content (AvgIpc) is 2.36. The molecule has 0 fully saturated rings. The second kappa shape index (κ2) is 5.68. The lowest BCUT2D eigenvalue weighted by Gasteiger charge is -2.36. The van der Waals surface area contributed by atoms with Gasteiger partial charge in [0, 0.05) is 0 Å². The van der Waals surface area contributed by atoms with Crippen LogP contribution in [-0.2, 0) is 0 Å². The Hall–Kier alpha value is -0.820. The van der Waals surface area contributed by atoms with Crippen LogP contribution >= 0.6 is 0 Å². The lowest BCUT2D eigenvalue weighted by molar-refractivity contribution is 0.101. The third-order valence-corrected chi connectivity index (χ3v) is 4.13. The molecule has 0 aromatic heterocycles. The zero-order valence-corrected chi connectivity index (χ0v) is 11.9. The summed E-state index contributed by atoms with van der Waals surface area (Å²) in [6, 6.07) is 0. The van der Waals surface area contributed by atoms with Gasteiger partial charge in [0.25, 0.3) is 0 Å². The maximum atomic E-state index is 10.9. The van der Waals surface area contributed by atoms with Gasteiger partial charge in [-0.25, -0.2) is 0 Å². The van der Waals surface area contributed by atoms with Gasteiger partial charge in [0.1, 0.15) is 5.60 Å². The van der Waals surface area contributed by atoms with Crippen LogP contribution in [0.15, 0.2) is 34.9 Å². The molecule has 0 radical (unpaired) electrons. The fourth-order valence-electron chi connectivity index (χ4n) is 2.70. The first kappa shape index (κ1) is 14.2. The Labute approximate surface area is 106 Å². The molecule has 1 N–H and O–H groups in total. The minimum absolute atomic E-state index is 0.440. The molecule has 0 aromatic rings. The van der Waals surface area contributed by atoms with E-state index in [1.165, 1.54) is 11.1 Å². The highest BCUT2D eigenvalue weighted by Gasteiger charge is 2.34. The molecule has 0 saturated heterocycles. The summed E-state index contributed by atoms with van der Waals surface area (Å²) in [6.07, 6.45) is 9.30. The lowest BCUT2D eigenvalue weighted by atomic mass is 9.74. The van der Waals surface area contributed by atoms with Gasteiger partial charge < -0.3 is 5.11 Å². The second-order valence-corrected chi connectivity index (χ2v) is 5.09. The summed E-state index contributed by atoms with van der Waals surface area (Å²) in [5, 5.41) is 10.9. The Balaban J connectivity index is 3.13. The summed E-state index contributed by atoms with van der Waals surface area (Å²) in [7, 11) is 0. The first-order chi connectivity index (χ1) is 7.99. The molecule has 96 valence electrons. The number of hydrogen-bond acceptors (Lipinski definition) is 1. The molecule has 1 heteroatoms. The Morgan fingerprint density at radius 3 is 2.53 bits per heavy atom. The van der Waals surface area contributed by atoms with Crippen molar-refractivity contribution in [3.63, 3.8) is 0 Å². The molecule has 0 aliphatic heterocycles. The summed E-state index contributed by atoms with van der Waals surface area (Å²) >= 11 is 0. The molecule has 0 spiro atoms. The molecule has 17 heavy (non-hydrogen) atoms. The van der Waals surface area contributed by atoms with Gasteiger partial charge in [0.15, 0.2) is 0 Å². The minimum Gasteiger partial charge on any atom is -0.381 e.